The van der Waals surface area contributed by atoms with Crippen LogP contribution in [0.5, 0.6) is 0 Å². The molecule has 0 bridgehead atoms. The van der Waals surface area contributed by atoms with Crippen LogP contribution < -0.4 is 0 Å². The first kappa shape index (κ1) is 12.1. The highest BCUT2D eigenvalue weighted by atomic mass is 16.2. The maximum Gasteiger partial charge on any atom is 0.233 e. The van der Waals surface area contributed by atoms with Gasteiger partial charge in [0, 0.05) is 11.1 Å². The summed E-state index contributed by atoms with van der Waals surface area (Å²) >= 11 is 0. The van der Waals surface area contributed by atoms with Gasteiger partial charge in [-0.2, -0.15) is 0 Å². The van der Waals surface area contributed by atoms with Crippen LogP contribution in [-0.2, 0) is 19.2 Å². The molecule has 2 rings (SSSR count). The fourth-order valence-corrected chi connectivity index (χ4v) is 1.88. The summed E-state index contributed by atoms with van der Waals surface area (Å²) in [6.45, 7) is 3.31. The van der Waals surface area contributed by atoms with Crippen molar-refractivity contribution in [2.24, 2.45) is 0 Å². The van der Waals surface area contributed by atoms with Crippen molar-refractivity contribution in [1.82, 2.24) is 0 Å². The fraction of sp³-hybridized carbons (Fsp3) is 0.143. The third-order valence-electron chi connectivity index (χ3n) is 2.69. The van der Waals surface area contributed by atoms with Crippen molar-refractivity contribution in [3.05, 3.63) is 46.6 Å². The molecule has 0 radical (unpaired) electrons. The lowest BCUT2D eigenvalue weighted by molar-refractivity contribution is -0.133. The molecular formula is C14H10O4. The van der Waals surface area contributed by atoms with Crippen molar-refractivity contribution in [1.29, 1.82) is 0 Å². The second-order valence-electron chi connectivity index (χ2n) is 4.28. The third-order valence-corrected chi connectivity index (χ3v) is 2.69. The lowest BCUT2D eigenvalue weighted by atomic mass is 9.85. The van der Waals surface area contributed by atoms with E-state index in [1.54, 1.807) is 13.8 Å². The van der Waals surface area contributed by atoms with Gasteiger partial charge < -0.3 is 0 Å². The summed E-state index contributed by atoms with van der Waals surface area (Å²) in [5.41, 5.74) is 1.18. The molecule has 0 fully saturated rings. The topological polar surface area (TPSA) is 68.3 Å². The molecule has 0 N–H and O–H groups in total. The fourth-order valence-electron chi connectivity index (χ4n) is 1.88. The average Bonchev–Trinajstić information content (AvgIpc) is 2.28. The van der Waals surface area contributed by atoms with E-state index >= 15 is 0 Å². The highest BCUT2D eigenvalue weighted by Crippen LogP contribution is 2.24. The number of rotatable bonds is 1. The summed E-state index contributed by atoms with van der Waals surface area (Å²) in [6.07, 6.45) is 5.34. The van der Waals surface area contributed by atoms with E-state index in [0.29, 0.717) is 11.1 Å². The Morgan fingerprint density at radius 2 is 0.944 bits per heavy atom. The molecule has 2 aliphatic rings. The van der Waals surface area contributed by atoms with Gasteiger partial charge in [-0.05, 0) is 49.3 Å². The van der Waals surface area contributed by atoms with Crippen molar-refractivity contribution in [3.63, 3.8) is 0 Å². The summed E-state index contributed by atoms with van der Waals surface area (Å²) < 4.78 is 0. The van der Waals surface area contributed by atoms with Crippen molar-refractivity contribution in [2.75, 3.05) is 0 Å². The smallest absolute Gasteiger partial charge is 0.233 e. The van der Waals surface area contributed by atoms with Crippen LogP contribution in [-0.4, -0.2) is 23.1 Å². The average molecular weight is 242 g/mol. The Kier molecular flexibility index (Phi) is 2.79. The van der Waals surface area contributed by atoms with E-state index in [4.69, 9.17) is 0 Å². The van der Waals surface area contributed by atoms with E-state index in [-0.39, 0.29) is 11.1 Å². The maximum atomic E-state index is 11.7. The number of carbonyl (C=O) groups is 4. The van der Waals surface area contributed by atoms with Crippen LogP contribution >= 0.6 is 0 Å². The standard InChI is InChI=1S/C14H10O4/c1-7-3-9(13(17)11(15)5-7)10-4-8(2)6-12(16)14(10)18/h3-6H,1-2H3. The number of carbonyl (C=O) groups excluding carboxylic acids is 4. The monoisotopic (exact) mass is 242 g/mol. The quantitative estimate of drug-likeness (QED) is 0.509. The summed E-state index contributed by atoms with van der Waals surface area (Å²) in [5.74, 6) is -2.83. The predicted octanol–water partition coefficient (Wildman–Crippen LogP) is 1.04. The van der Waals surface area contributed by atoms with Gasteiger partial charge in [0.25, 0.3) is 0 Å². The Bertz CT molecular complexity index is 568. The van der Waals surface area contributed by atoms with Gasteiger partial charge in [0.15, 0.2) is 0 Å². The second-order valence-corrected chi connectivity index (χ2v) is 4.28. The Labute approximate surface area is 103 Å². The highest BCUT2D eigenvalue weighted by Gasteiger charge is 2.31. The molecule has 0 heterocycles. The molecule has 0 saturated heterocycles. The Hall–Kier alpha value is -2.36. The van der Waals surface area contributed by atoms with E-state index < -0.39 is 23.1 Å². The number of Topliss-reactive ketones (excluding diaryl/α,β-unsaturated/α-hetero) is 2. The molecule has 4 heteroatoms. The van der Waals surface area contributed by atoms with Gasteiger partial charge in [0.1, 0.15) is 0 Å². The minimum atomic E-state index is -0.748. The second kappa shape index (κ2) is 4.14. The SMILES string of the molecule is CC1=CC(=O)C(=O)C(C2=CC(C)=CC(=O)C2=O)=C1. The zero-order chi connectivity index (χ0) is 13.4. The van der Waals surface area contributed by atoms with E-state index in [2.05, 4.69) is 0 Å². The van der Waals surface area contributed by atoms with E-state index in [1.807, 2.05) is 0 Å². The third kappa shape index (κ3) is 1.93. The van der Waals surface area contributed by atoms with Crippen molar-refractivity contribution < 1.29 is 19.2 Å². The zero-order valence-electron chi connectivity index (χ0n) is 9.94. The van der Waals surface area contributed by atoms with Gasteiger partial charge in [0.2, 0.25) is 23.1 Å². The number of ketones is 4. The van der Waals surface area contributed by atoms with Gasteiger partial charge in [-0.15, -0.1) is 0 Å². The number of hydrogen-bond donors (Lipinski definition) is 0. The van der Waals surface area contributed by atoms with E-state index in [1.165, 1.54) is 24.3 Å². The zero-order valence-corrected chi connectivity index (χ0v) is 9.94. The van der Waals surface area contributed by atoms with Crippen LogP contribution in [0.3, 0.4) is 0 Å². The van der Waals surface area contributed by atoms with Crippen LogP contribution in [0.15, 0.2) is 46.6 Å². The highest BCUT2D eigenvalue weighted by molar-refractivity contribution is 6.55. The first-order valence-corrected chi connectivity index (χ1v) is 5.38. The van der Waals surface area contributed by atoms with Gasteiger partial charge >= 0.3 is 0 Å². The van der Waals surface area contributed by atoms with E-state index in [0.717, 1.165) is 0 Å². The summed E-state index contributed by atoms with van der Waals surface area (Å²) in [4.78, 5) is 46.3. The summed E-state index contributed by atoms with van der Waals surface area (Å²) in [6, 6.07) is 0. The Morgan fingerprint density at radius 3 is 1.28 bits per heavy atom. The van der Waals surface area contributed by atoms with Gasteiger partial charge in [-0.1, -0.05) is 0 Å². The largest absolute Gasteiger partial charge is 0.286 e. The molecular weight excluding hydrogens is 232 g/mol. The first-order chi connectivity index (χ1) is 8.40. The number of allylic oxidation sites excluding steroid dienone is 8. The minimum absolute atomic E-state index is 0.00537. The van der Waals surface area contributed by atoms with Crippen LogP contribution in [0.1, 0.15) is 13.8 Å². The van der Waals surface area contributed by atoms with Gasteiger partial charge in [0.05, 0.1) is 0 Å². The molecule has 0 aromatic heterocycles. The maximum absolute atomic E-state index is 11.7. The summed E-state index contributed by atoms with van der Waals surface area (Å²) in [5, 5.41) is 0. The lowest BCUT2D eigenvalue weighted by Crippen LogP contribution is -2.26. The van der Waals surface area contributed by atoms with Crippen LogP contribution in [0.25, 0.3) is 0 Å². The molecule has 18 heavy (non-hydrogen) atoms. The molecule has 0 spiro atoms. The molecule has 0 unspecified atom stereocenters. The molecule has 4 nitrogen and oxygen atoms in total. The molecule has 2 aliphatic carbocycles. The lowest BCUT2D eigenvalue weighted by Gasteiger charge is -2.14. The number of hydrogen-bond acceptors (Lipinski definition) is 4. The Morgan fingerprint density at radius 1 is 0.611 bits per heavy atom. The summed E-state index contributed by atoms with van der Waals surface area (Å²) in [7, 11) is 0. The van der Waals surface area contributed by atoms with Crippen LogP contribution in [0, 0.1) is 0 Å². The Balaban J connectivity index is 2.56. The van der Waals surface area contributed by atoms with Crippen LogP contribution in [0.4, 0.5) is 0 Å². The van der Waals surface area contributed by atoms with Crippen LogP contribution in [0.2, 0.25) is 0 Å². The van der Waals surface area contributed by atoms with E-state index in [9.17, 15) is 19.2 Å². The predicted molar refractivity (Wildman–Crippen MR) is 63.7 cm³/mol. The van der Waals surface area contributed by atoms with Gasteiger partial charge in [-0.3, -0.25) is 19.2 Å². The molecule has 0 saturated carbocycles. The molecule has 90 valence electrons. The van der Waals surface area contributed by atoms with Crippen molar-refractivity contribution in [3.8, 4) is 0 Å². The molecule has 0 aromatic rings. The molecule has 0 aliphatic heterocycles. The minimum Gasteiger partial charge on any atom is -0.286 e. The normalized spacial score (nSPS) is 20.3. The van der Waals surface area contributed by atoms with Crippen molar-refractivity contribution in [2.45, 2.75) is 13.8 Å². The molecule has 0 atom stereocenters. The molecule has 0 amide bonds. The first-order valence-electron chi connectivity index (χ1n) is 5.38. The van der Waals surface area contributed by atoms with Gasteiger partial charge in [-0.25, -0.2) is 0 Å². The van der Waals surface area contributed by atoms with Crippen molar-refractivity contribution >= 4 is 23.1 Å². The molecule has 0 aromatic carbocycles.